The lowest BCUT2D eigenvalue weighted by molar-refractivity contribution is 0.568. The van der Waals surface area contributed by atoms with Crippen molar-refractivity contribution in [1.29, 1.82) is 0 Å². The highest BCUT2D eigenvalue weighted by Crippen LogP contribution is 2.41. The van der Waals surface area contributed by atoms with Crippen LogP contribution in [0.15, 0.2) is 84.9 Å². The van der Waals surface area contributed by atoms with Crippen LogP contribution in [0.4, 0.5) is 0 Å². The van der Waals surface area contributed by atoms with Crippen molar-refractivity contribution in [2.24, 2.45) is 0 Å². The predicted octanol–water partition coefficient (Wildman–Crippen LogP) is 4.57. The van der Waals surface area contributed by atoms with Crippen molar-refractivity contribution in [1.82, 2.24) is 5.09 Å². The first-order chi connectivity index (χ1) is 11.6. The average molecular weight is 335 g/mol. The molecular weight excluding hydrogens is 313 g/mol. The number of rotatable bonds is 5. The van der Waals surface area contributed by atoms with Crippen LogP contribution < -0.4 is 15.7 Å². The third-order valence-electron chi connectivity index (χ3n) is 4.19. The Labute approximate surface area is 144 Å². The van der Waals surface area contributed by atoms with Gasteiger partial charge >= 0.3 is 0 Å². The van der Waals surface area contributed by atoms with E-state index in [4.69, 9.17) is 0 Å². The molecule has 0 amide bonds. The molecule has 0 fully saturated rings. The Bertz CT molecular complexity index is 785. The molecule has 2 nitrogen and oxygen atoms in total. The van der Waals surface area contributed by atoms with Crippen molar-refractivity contribution >= 4 is 17.9 Å². The summed E-state index contributed by atoms with van der Waals surface area (Å²) in [5.74, 6) is 0. The molecule has 0 aliphatic heterocycles. The summed E-state index contributed by atoms with van der Waals surface area (Å²) in [7, 11) is -2.91. The summed E-state index contributed by atoms with van der Waals surface area (Å²) in [4.78, 5) is 0. The van der Waals surface area contributed by atoms with Gasteiger partial charge in [0, 0.05) is 16.7 Å². The van der Waals surface area contributed by atoms with E-state index in [0.717, 1.165) is 16.2 Å². The number of nitrogens with one attached hydrogen (secondary N) is 1. The number of benzene rings is 3. The molecule has 0 aromatic heterocycles. The summed E-state index contributed by atoms with van der Waals surface area (Å²) in [6.07, 6.45) is 0. The van der Waals surface area contributed by atoms with E-state index >= 15 is 0 Å². The van der Waals surface area contributed by atoms with E-state index in [2.05, 4.69) is 43.2 Å². The van der Waals surface area contributed by atoms with Crippen LogP contribution in [-0.4, -0.2) is 0 Å². The number of hydrogen-bond acceptors (Lipinski definition) is 1. The van der Waals surface area contributed by atoms with Crippen LogP contribution in [0, 0.1) is 6.92 Å². The summed E-state index contributed by atoms with van der Waals surface area (Å²) in [5.41, 5.74) is 2.35. The Hall–Kier alpha value is -2.15. The van der Waals surface area contributed by atoms with Crippen LogP contribution in [0.5, 0.6) is 0 Å². The minimum absolute atomic E-state index is 0.0168. The molecule has 1 N–H and O–H groups in total. The van der Waals surface area contributed by atoms with E-state index in [1.165, 1.54) is 5.56 Å². The second-order valence-corrected chi connectivity index (χ2v) is 8.55. The molecule has 0 aliphatic rings. The monoisotopic (exact) mass is 335 g/mol. The van der Waals surface area contributed by atoms with E-state index in [1.54, 1.807) is 0 Å². The van der Waals surface area contributed by atoms with E-state index in [9.17, 15) is 4.57 Å². The predicted molar refractivity (Wildman–Crippen MR) is 102 cm³/mol. The summed E-state index contributed by atoms with van der Waals surface area (Å²) in [5, 5.41) is 5.07. The Kier molecular flexibility index (Phi) is 4.99. The summed E-state index contributed by atoms with van der Waals surface area (Å²) in [6.45, 7) is 4.13. The molecule has 0 bridgehead atoms. The van der Waals surface area contributed by atoms with Gasteiger partial charge in [0.2, 0.25) is 7.29 Å². The first kappa shape index (κ1) is 16.7. The standard InChI is InChI=1S/C21H22NOP/c1-17-13-15-19(16-14-17)18(2)22-24(23,20-9-5-3-6-10-20)21-11-7-4-8-12-21/h3-16,18H,1-2H3,(H,22,23)/t18-/m0/s1. The fraction of sp³-hybridized carbons (Fsp3) is 0.143. The van der Waals surface area contributed by atoms with E-state index in [0.29, 0.717) is 0 Å². The van der Waals surface area contributed by atoms with Gasteiger partial charge in [-0.15, -0.1) is 0 Å². The second kappa shape index (κ2) is 7.17. The molecule has 3 aromatic rings. The zero-order valence-corrected chi connectivity index (χ0v) is 14.9. The van der Waals surface area contributed by atoms with Gasteiger partial charge in [0.05, 0.1) is 0 Å². The quantitative estimate of drug-likeness (QED) is 0.692. The first-order valence-corrected chi connectivity index (χ1v) is 9.86. The second-order valence-electron chi connectivity index (χ2n) is 6.04. The molecule has 24 heavy (non-hydrogen) atoms. The first-order valence-electron chi connectivity index (χ1n) is 8.15. The van der Waals surface area contributed by atoms with E-state index in [-0.39, 0.29) is 6.04 Å². The SMILES string of the molecule is Cc1ccc([C@H](C)NP(=O)(c2ccccc2)c2ccccc2)cc1. The fourth-order valence-corrected chi connectivity index (χ4v) is 5.25. The van der Waals surface area contributed by atoms with Crippen LogP contribution in [0.1, 0.15) is 24.1 Å². The van der Waals surface area contributed by atoms with Crippen LogP contribution in [0.3, 0.4) is 0 Å². The lowest BCUT2D eigenvalue weighted by Crippen LogP contribution is -2.29. The molecule has 122 valence electrons. The van der Waals surface area contributed by atoms with Crippen molar-refractivity contribution in [2.45, 2.75) is 19.9 Å². The van der Waals surface area contributed by atoms with E-state index in [1.807, 2.05) is 60.7 Å². The van der Waals surface area contributed by atoms with Crippen LogP contribution in [0.25, 0.3) is 0 Å². The zero-order valence-electron chi connectivity index (χ0n) is 14.0. The molecule has 0 radical (unpaired) electrons. The Morgan fingerprint density at radius 1 is 0.750 bits per heavy atom. The van der Waals surface area contributed by atoms with Gasteiger partial charge in [-0.1, -0.05) is 66.2 Å². The van der Waals surface area contributed by atoms with Crippen molar-refractivity contribution in [3.05, 3.63) is 96.1 Å². The molecule has 3 aromatic carbocycles. The summed E-state index contributed by atoms with van der Waals surface area (Å²) < 4.78 is 14.0. The molecule has 0 unspecified atom stereocenters. The highest BCUT2D eigenvalue weighted by atomic mass is 31.2. The molecule has 0 saturated heterocycles. The third-order valence-corrected chi connectivity index (χ3v) is 6.99. The molecule has 0 heterocycles. The maximum Gasteiger partial charge on any atom is 0.205 e. The maximum absolute atomic E-state index is 14.0. The molecule has 0 saturated carbocycles. The molecular formula is C21H22NOP. The van der Waals surface area contributed by atoms with Gasteiger partial charge in [-0.25, -0.2) is 0 Å². The topological polar surface area (TPSA) is 29.1 Å². The summed E-state index contributed by atoms with van der Waals surface area (Å²) in [6, 6.07) is 27.7. The summed E-state index contributed by atoms with van der Waals surface area (Å²) >= 11 is 0. The zero-order chi connectivity index (χ0) is 17.0. The number of hydrogen-bond donors (Lipinski definition) is 1. The van der Waals surface area contributed by atoms with Crippen LogP contribution in [0.2, 0.25) is 0 Å². The lowest BCUT2D eigenvalue weighted by Gasteiger charge is -2.25. The van der Waals surface area contributed by atoms with Gasteiger partial charge in [-0.05, 0) is 43.7 Å². The normalized spacial score (nSPS) is 12.8. The Balaban J connectivity index is 2.00. The minimum atomic E-state index is -2.91. The Morgan fingerprint density at radius 2 is 1.21 bits per heavy atom. The van der Waals surface area contributed by atoms with Gasteiger partial charge in [0.15, 0.2) is 0 Å². The van der Waals surface area contributed by atoms with Crippen LogP contribution >= 0.6 is 7.29 Å². The van der Waals surface area contributed by atoms with E-state index < -0.39 is 7.29 Å². The van der Waals surface area contributed by atoms with Crippen LogP contribution in [-0.2, 0) is 4.57 Å². The smallest absolute Gasteiger partial charge is 0.205 e. The number of aryl methyl sites for hydroxylation is 1. The third kappa shape index (κ3) is 3.51. The van der Waals surface area contributed by atoms with Gasteiger partial charge in [0.1, 0.15) is 0 Å². The highest BCUT2D eigenvalue weighted by Gasteiger charge is 2.28. The highest BCUT2D eigenvalue weighted by molar-refractivity contribution is 7.76. The average Bonchev–Trinajstić information content (AvgIpc) is 2.63. The maximum atomic E-state index is 14.0. The Morgan fingerprint density at radius 3 is 1.67 bits per heavy atom. The van der Waals surface area contributed by atoms with Gasteiger partial charge in [0.25, 0.3) is 0 Å². The lowest BCUT2D eigenvalue weighted by atomic mass is 10.1. The molecule has 0 spiro atoms. The van der Waals surface area contributed by atoms with Crippen molar-refractivity contribution in [3.8, 4) is 0 Å². The molecule has 1 atom stereocenters. The van der Waals surface area contributed by atoms with Crippen molar-refractivity contribution < 1.29 is 4.57 Å². The minimum Gasteiger partial charge on any atom is -0.297 e. The van der Waals surface area contributed by atoms with Crippen molar-refractivity contribution in [2.75, 3.05) is 0 Å². The van der Waals surface area contributed by atoms with Gasteiger partial charge in [-0.2, -0.15) is 0 Å². The largest absolute Gasteiger partial charge is 0.297 e. The van der Waals surface area contributed by atoms with Crippen molar-refractivity contribution in [3.63, 3.8) is 0 Å². The fourth-order valence-electron chi connectivity index (χ4n) is 2.78. The molecule has 3 rings (SSSR count). The van der Waals surface area contributed by atoms with Gasteiger partial charge < -0.3 is 0 Å². The van der Waals surface area contributed by atoms with Gasteiger partial charge in [-0.3, -0.25) is 9.65 Å². The molecule has 3 heteroatoms. The molecule has 0 aliphatic carbocycles.